The number of thiol groups is 1. The Bertz CT molecular complexity index is 280. The van der Waals surface area contributed by atoms with E-state index in [1.807, 2.05) is 0 Å². The molecule has 0 amide bonds. The predicted molar refractivity (Wildman–Crippen MR) is 77.0 cm³/mol. The molecule has 2 aliphatic rings. The quantitative estimate of drug-likeness (QED) is 0.740. The van der Waals surface area contributed by atoms with Gasteiger partial charge >= 0.3 is 0 Å². The van der Waals surface area contributed by atoms with Crippen LogP contribution in [0.3, 0.4) is 0 Å². The van der Waals surface area contributed by atoms with E-state index in [1.165, 1.54) is 0 Å². The van der Waals surface area contributed by atoms with Crippen molar-refractivity contribution in [1.29, 1.82) is 0 Å². The number of hydrogen-bond donors (Lipinski definition) is 2. The first kappa shape index (κ1) is 13.8. The van der Waals surface area contributed by atoms with Gasteiger partial charge < -0.3 is 10.6 Å². The number of hydrogen-bond acceptors (Lipinski definition) is 4. The molecule has 1 heterocycles. The highest BCUT2D eigenvalue weighted by Crippen LogP contribution is 2.29. The molecule has 0 aromatic rings. The smallest absolute Gasteiger partial charge is 0.0375 e. The molecule has 1 aliphatic carbocycles. The highest BCUT2D eigenvalue weighted by atomic mass is 32.2. The Balaban J connectivity index is 1.87. The Labute approximate surface area is 112 Å². The molecular formula is C12H24N2OS2. The molecule has 2 N–H and O–H groups in total. The fourth-order valence-electron chi connectivity index (χ4n) is 2.83. The van der Waals surface area contributed by atoms with E-state index in [4.69, 9.17) is 5.73 Å². The lowest BCUT2D eigenvalue weighted by Crippen LogP contribution is -2.44. The fourth-order valence-corrected chi connectivity index (χ4v) is 5.36. The topological polar surface area (TPSA) is 46.3 Å². The lowest BCUT2D eigenvalue weighted by molar-refractivity contribution is 0.279. The van der Waals surface area contributed by atoms with E-state index in [0.29, 0.717) is 10.5 Å². The average molecular weight is 276 g/mol. The van der Waals surface area contributed by atoms with E-state index >= 15 is 0 Å². The van der Waals surface area contributed by atoms with Gasteiger partial charge in [-0.1, -0.05) is 0 Å². The van der Waals surface area contributed by atoms with Crippen LogP contribution in [0.15, 0.2) is 0 Å². The molecule has 100 valence electrons. The van der Waals surface area contributed by atoms with E-state index in [2.05, 4.69) is 24.6 Å². The van der Waals surface area contributed by atoms with Crippen LogP contribution in [0.2, 0.25) is 0 Å². The fraction of sp³-hybridized carbons (Fsp3) is 1.00. The minimum atomic E-state index is -0.675. The van der Waals surface area contributed by atoms with Crippen LogP contribution in [-0.2, 0) is 10.8 Å². The third-order valence-electron chi connectivity index (χ3n) is 4.14. The summed E-state index contributed by atoms with van der Waals surface area (Å²) >= 11 is 4.52. The SMILES string of the molecule is CN1CCC(S(=O)C2CCC(N)C(S)C2)CC1. The molecule has 1 saturated heterocycles. The third kappa shape index (κ3) is 3.46. The third-order valence-corrected chi connectivity index (χ3v) is 6.95. The van der Waals surface area contributed by atoms with Gasteiger partial charge in [-0.05, 0) is 52.2 Å². The van der Waals surface area contributed by atoms with Crippen molar-refractivity contribution < 1.29 is 4.21 Å². The molecule has 0 spiro atoms. The molecule has 5 heteroatoms. The van der Waals surface area contributed by atoms with Crippen molar-refractivity contribution in [3.05, 3.63) is 0 Å². The molecular weight excluding hydrogens is 252 g/mol. The van der Waals surface area contributed by atoms with Gasteiger partial charge in [0.25, 0.3) is 0 Å². The van der Waals surface area contributed by atoms with Crippen molar-refractivity contribution in [3.8, 4) is 0 Å². The minimum absolute atomic E-state index is 0.198. The Kier molecular flexibility index (Phi) is 4.92. The van der Waals surface area contributed by atoms with Gasteiger partial charge in [0.1, 0.15) is 0 Å². The number of piperidine rings is 1. The normalized spacial score (nSPS) is 39.1. The molecule has 0 aromatic heterocycles. The zero-order valence-electron chi connectivity index (χ0n) is 10.5. The summed E-state index contributed by atoms with van der Waals surface area (Å²) in [6, 6.07) is 0.198. The maximum atomic E-state index is 12.5. The van der Waals surface area contributed by atoms with Crippen molar-refractivity contribution >= 4 is 23.4 Å². The standard InChI is InChI=1S/C12H24N2OS2/c1-14-6-4-9(5-7-14)17(15)10-2-3-11(13)12(16)8-10/h9-12,16H,2-8,13H2,1H3. The zero-order valence-corrected chi connectivity index (χ0v) is 12.3. The molecule has 1 aliphatic heterocycles. The molecule has 3 nitrogen and oxygen atoms in total. The average Bonchev–Trinajstić information content (AvgIpc) is 2.33. The second kappa shape index (κ2) is 6.04. The lowest BCUT2D eigenvalue weighted by atomic mass is 9.95. The second-order valence-electron chi connectivity index (χ2n) is 5.50. The Morgan fingerprint density at radius 1 is 1.18 bits per heavy atom. The van der Waals surface area contributed by atoms with E-state index in [-0.39, 0.29) is 11.3 Å². The molecule has 4 atom stereocenters. The van der Waals surface area contributed by atoms with Crippen molar-refractivity contribution in [2.24, 2.45) is 5.73 Å². The molecule has 0 bridgehead atoms. The van der Waals surface area contributed by atoms with E-state index in [1.54, 1.807) is 0 Å². The highest BCUT2D eigenvalue weighted by molar-refractivity contribution is 7.86. The molecule has 2 fully saturated rings. The number of nitrogens with zero attached hydrogens (tertiary/aromatic N) is 1. The van der Waals surface area contributed by atoms with Crippen LogP contribution in [0.4, 0.5) is 0 Å². The van der Waals surface area contributed by atoms with Crippen LogP contribution >= 0.6 is 12.6 Å². The zero-order chi connectivity index (χ0) is 12.4. The van der Waals surface area contributed by atoms with Gasteiger partial charge in [0.05, 0.1) is 0 Å². The molecule has 4 unspecified atom stereocenters. The summed E-state index contributed by atoms with van der Waals surface area (Å²) in [4.78, 5) is 2.33. The van der Waals surface area contributed by atoms with E-state index in [0.717, 1.165) is 45.2 Å². The van der Waals surface area contributed by atoms with Gasteiger partial charge in [-0.2, -0.15) is 12.6 Å². The van der Waals surface area contributed by atoms with Crippen LogP contribution in [0, 0.1) is 0 Å². The lowest BCUT2D eigenvalue weighted by Gasteiger charge is -2.35. The predicted octanol–water partition coefficient (Wildman–Crippen LogP) is 1.01. The first-order chi connectivity index (χ1) is 8.08. The molecule has 0 aromatic carbocycles. The Morgan fingerprint density at radius 3 is 2.41 bits per heavy atom. The molecule has 0 radical (unpaired) electrons. The largest absolute Gasteiger partial charge is 0.327 e. The van der Waals surface area contributed by atoms with Crippen molar-refractivity contribution in [3.63, 3.8) is 0 Å². The van der Waals surface area contributed by atoms with E-state index in [9.17, 15) is 4.21 Å². The number of likely N-dealkylation sites (tertiary alicyclic amines) is 1. The molecule has 17 heavy (non-hydrogen) atoms. The maximum absolute atomic E-state index is 12.5. The summed E-state index contributed by atoms with van der Waals surface area (Å²) in [5.41, 5.74) is 5.96. The van der Waals surface area contributed by atoms with Gasteiger partial charge in [-0.15, -0.1) is 0 Å². The van der Waals surface area contributed by atoms with Gasteiger partial charge in [-0.3, -0.25) is 4.21 Å². The number of nitrogens with two attached hydrogens (primary N) is 1. The summed E-state index contributed by atoms with van der Waals surface area (Å²) in [5.74, 6) is 0. The maximum Gasteiger partial charge on any atom is 0.0375 e. The summed E-state index contributed by atoms with van der Waals surface area (Å²) in [7, 11) is 1.47. The summed E-state index contributed by atoms with van der Waals surface area (Å²) in [5, 5.41) is 0.987. The van der Waals surface area contributed by atoms with Gasteiger partial charge in [0, 0.05) is 32.6 Å². The summed E-state index contributed by atoms with van der Waals surface area (Å²) < 4.78 is 12.5. The van der Waals surface area contributed by atoms with Crippen LogP contribution in [-0.4, -0.2) is 51.0 Å². The Morgan fingerprint density at radius 2 is 1.82 bits per heavy atom. The Hall–Kier alpha value is 0.420. The van der Waals surface area contributed by atoms with Gasteiger partial charge in [0.2, 0.25) is 0 Å². The molecule has 1 saturated carbocycles. The van der Waals surface area contributed by atoms with Crippen molar-refractivity contribution in [2.75, 3.05) is 20.1 Å². The minimum Gasteiger partial charge on any atom is -0.327 e. The molecule has 2 rings (SSSR count). The van der Waals surface area contributed by atoms with Crippen molar-refractivity contribution in [2.45, 2.75) is 53.9 Å². The summed E-state index contributed by atoms with van der Waals surface area (Å²) in [6.45, 7) is 2.18. The van der Waals surface area contributed by atoms with Crippen LogP contribution in [0.5, 0.6) is 0 Å². The number of rotatable bonds is 2. The van der Waals surface area contributed by atoms with Gasteiger partial charge in [0.15, 0.2) is 0 Å². The highest BCUT2D eigenvalue weighted by Gasteiger charge is 2.33. The van der Waals surface area contributed by atoms with Crippen molar-refractivity contribution in [1.82, 2.24) is 4.90 Å². The van der Waals surface area contributed by atoms with Crippen LogP contribution < -0.4 is 5.73 Å². The summed E-state index contributed by atoms with van der Waals surface area (Å²) in [6.07, 6.45) is 5.11. The van der Waals surface area contributed by atoms with E-state index < -0.39 is 10.8 Å². The first-order valence-corrected chi connectivity index (χ1v) is 8.38. The van der Waals surface area contributed by atoms with Gasteiger partial charge in [-0.25, -0.2) is 0 Å². The van der Waals surface area contributed by atoms with Crippen LogP contribution in [0.25, 0.3) is 0 Å². The second-order valence-corrected chi connectivity index (χ2v) is 8.15. The monoisotopic (exact) mass is 276 g/mol. The first-order valence-electron chi connectivity index (χ1n) is 6.59. The van der Waals surface area contributed by atoms with Crippen LogP contribution in [0.1, 0.15) is 32.1 Å².